The van der Waals surface area contributed by atoms with Crippen LogP contribution in [0.2, 0.25) is 0 Å². The van der Waals surface area contributed by atoms with Crippen molar-refractivity contribution in [2.24, 2.45) is 7.05 Å². The van der Waals surface area contributed by atoms with E-state index in [9.17, 15) is 19.5 Å². The molecule has 136 valence electrons. The molecule has 0 aliphatic rings. The Morgan fingerprint density at radius 1 is 1.22 bits per heavy atom. The first kappa shape index (κ1) is 20.8. The molecule has 0 saturated heterocycles. The third kappa shape index (κ3) is 3.64. The second-order valence-electron chi connectivity index (χ2n) is 5.88. The molecule has 0 bridgehead atoms. The van der Waals surface area contributed by atoms with Crippen LogP contribution in [0.3, 0.4) is 0 Å². The number of nitrogens with one attached hydrogen (secondary N) is 1. The van der Waals surface area contributed by atoms with E-state index in [2.05, 4.69) is 5.32 Å². The zero-order chi connectivity index (χ0) is 19.0. The van der Waals surface area contributed by atoms with Gasteiger partial charge in [-0.2, -0.15) is 0 Å². The van der Waals surface area contributed by atoms with Crippen LogP contribution in [0, 0.1) is 6.92 Å². The maximum atomic E-state index is 12.5. The van der Waals surface area contributed by atoms with Crippen molar-refractivity contribution in [1.29, 1.82) is 0 Å². The number of amides is 1. The molecule has 0 spiro atoms. The molecule has 0 atom stereocenters. The molecule has 1 aromatic carbocycles. The minimum atomic E-state index is -1.25. The van der Waals surface area contributed by atoms with Gasteiger partial charge in [-0.1, -0.05) is 30.3 Å². The van der Waals surface area contributed by atoms with Crippen LogP contribution in [0.4, 0.5) is 0 Å². The fraction of sp³-hybridized carbons (Fsp3) is 0.167. The van der Waals surface area contributed by atoms with Crippen molar-refractivity contribution in [2.75, 3.05) is 6.54 Å². The summed E-state index contributed by atoms with van der Waals surface area (Å²) in [4.78, 5) is 35.5. The van der Waals surface area contributed by atoms with Gasteiger partial charge in [0.15, 0.2) is 5.75 Å². The quantitative estimate of drug-likeness (QED) is 0.466. The monoisotopic (exact) mass is 379 g/mol. The molecule has 1 amide bonds. The number of aromatic hydroxyl groups is 1. The first-order valence-electron chi connectivity index (χ1n) is 7.82. The number of hydrogen-bond donors (Lipinski definition) is 3. The number of carbonyl (C=O) groups excluding carboxylic acids is 1. The third-order valence-electron chi connectivity index (χ3n) is 4.16. The first-order chi connectivity index (χ1) is 12.3. The number of hydrogen-bond acceptors (Lipinski definition) is 4. The Morgan fingerprint density at radius 2 is 1.85 bits per heavy atom. The van der Waals surface area contributed by atoms with E-state index in [1.165, 1.54) is 16.2 Å². The molecule has 3 rings (SSSR count). The Balaban J connectivity index is 0.00000196. The van der Waals surface area contributed by atoms with Crippen LogP contribution in [0.1, 0.15) is 17.3 Å². The number of aromatic nitrogens is 2. The van der Waals surface area contributed by atoms with Crippen molar-refractivity contribution >= 4 is 17.4 Å². The summed E-state index contributed by atoms with van der Waals surface area (Å²) in [6.45, 7) is 1.18. The summed E-state index contributed by atoms with van der Waals surface area (Å²) >= 11 is 0. The van der Waals surface area contributed by atoms with E-state index in [0.717, 1.165) is 11.1 Å². The predicted octanol–water partition coefficient (Wildman–Crippen LogP) is -1.75. The van der Waals surface area contributed by atoms with Crippen LogP contribution in [-0.4, -0.2) is 37.8 Å². The Labute approximate surface area is 177 Å². The summed E-state index contributed by atoms with van der Waals surface area (Å²) in [5, 5.41) is 21.5. The molecule has 2 heterocycles. The van der Waals surface area contributed by atoms with Crippen molar-refractivity contribution in [3.8, 4) is 16.9 Å². The number of rotatable bonds is 4. The van der Waals surface area contributed by atoms with Crippen molar-refractivity contribution < 1.29 is 50.8 Å². The van der Waals surface area contributed by atoms with Gasteiger partial charge >= 0.3 is 35.5 Å². The van der Waals surface area contributed by atoms with Gasteiger partial charge in [-0.25, -0.2) is 4.68 Å². The van der Waals surface area contributed by atoms with Crippen molar-refractivity contribution in [1.82, 2.24) is 14.5 Å². The summed E-state index contributed by atoms with van der Waals surface area (Å²) in [7, 11) is 1.47. The number of nitrogens with zero attached hydrogens (tertiary/aromatic N) is 2. The fourth-order valence-electron chi connectivity index (χ4n) is 2.97. The van der Waals surface area contributed by atoms with Gasteiger partial charge in [0.1, 0.15) is 17.6 Å². The first-order valence-corrected chi connectivity index (χ1v) is 7.82. The molecule has 0 aliphatic carbocycles. The van der Waals surface area contributed by atoms with Gasteiger partial charge in [-0.3, -0.25) is 18.9 Å². The van der Waals surface area contributed by atoms with Crippen molar-refractivity contribution in [3.05, 3.63) is 58.0 Å². The molecule has 9 heteroatoms. The average Bonchev–Trinajstić information content (AvgIpc) is 2.96. The molecule has 0 aliphatic heterocycles. The maximum Gasteiger partial charge on any atom is 1.00 e. The Hall–Kier alpha value is -2.55. The molecule has 27 heavy (non-hydrogen) atoms. The predicted molar refractivity (Wildman–Crippen MR) is 95.6 cm³/mol. The van der Waals surface area contributed by atoms with E-state index >= 15 is 0 Å². The number of aryl methyl sites for hydroxylation is 2. The molecular weight excluding hydrogens is 361 g/mol. The van der Waals surface area contributed by atoms with Crippen LogP contribution in [0.25, 0.3) is 16.6 Å². The summed E-state index contributed by atoms with van der Waals surface area (Å²) in [5.41, 5.74) is 1.40. The molecule has 3 N–H and O–H groups in total. The molecule has 0 radical (unpaired) electrons. The van der Waals surface area contributed by atoms with E-state index < -0.39 is 35.3 Å². The molecule has 2 aromatic heterocycles. The van der Waals surface area contributed by atoms with Crippen LogP contribution < -0.4 is 40.4 Å². The zero-order valence-corrected chi connectivity index (χ0v) is 17.2. The normalized spacial score (nSPS) is 10.4. The van der Waals surface area contributed by atoms with Gasteiger partial charge in [0.25, 0.3) is 11.5 Å². The number of carboxylic acids is 1. The van der Waals surface area contributed by atoms with Crippen LogP contribution in [-0.2, 0) is 11.8 Å². The van der Waals surface area contributed by atoms with Gasteiger partial charge in [0, 0.05) is 18.8 Å². The van der Waals surface area contributed by atoms with E-state index in [4.69, 9.17) is 5.11 Å². The van der Waals surface area contributed by atoms with Crippen LogP contribution >= 0.6 is 0 Å². The van der Waals surface area contributed by atoms with Gasteiger partial charge in [0.05, 0.1) is 0 Å². The van der Waals surface area contributed by atoms with Crippen LogP contribution in [0.15, 0.2) is 41.3 Å². The smallest absolute Gasteiger partial charge is 1.00 e. The Bertz CT molecular complexity index is 1090. The van der Waals surface area contributed by atoms with E-state index in [1.807, 2.05) is 37.3 Å². The molecule has 3 aromatic rings. The Morgan fingerprint density at radius 3 is 2.44 bits per heavy atom. The average molecular weight is 379 g/mol. The summed E-state index contributed by atoms with van der Waals surface area (Å²) < 4.78 is 2.67. The molecular formula is C18H18N3NaO5. The minimum absolute atomic E-state index is 0. The number of aliphatic carboxylic acids is 1. The van der Waals surface area contributed by atoms with E-state index in [-0.39, 0.29) is 31.0 Å². The summed E-state index contributed by atoms with van der Waals surface area (Å²) in [6.07, 6.45) is 1.69. The standard InChI is InChI=1S/C18H17N3O5.Na.H/c1-10-9-21-15(13(10)11-6-4-3-5-7-11)16(24)14(18(26)20(21)2)17(25)19-8-12(22)23;;/h3-7,9,24H,8H2,1-2H3,(H,19,25)(H,22,23);;/q;+1;-1. The Kier molecular flexibility index (Phi) is 6.15. The number of fused-ring (bicyclic) bond motifs is 1. The van der Waals surface area contributed by atoms with Gasteiger partial charge < -0.3 is 17.0 Å². The second-order valence-corrected chi connectivity index (χ2v) is 5.88. The number of carboxylic acid groups (broad SMARTS) is 1. The largest absolute Gasteiger partial charge is 1.00 e. The molecule has 0 fully saturated rings. The van der Waals surface area contributed by atoms with Gasteiger partial charge in [-0.15, -0.1) is 0 Å². The van der Waals surface area contributed by atoms with Crippen LogP contribution in [0.5, 0.6) is 5.75 Å². The molecule has 8 nitrogen and oxygen atoms in total. The summed E-state index contributed by atoms with van der Waals surface area (Å²) in [5.74, 6) is -2.67. The minimum Gasteiger partial charge on any atom is -1.00 e. The molecule has 0 saturated carbocycles. The molecule has 0 unspecified atom stereocenters. The van der Waals surface area contributed by atoms with E-state index in [1.54, 1.807) is 6.20 Å². The third-order valence-corrected chi connectivity index (χ3v) is 4.16. The van der Waals surface area contributed by atoms with Crippen molar-refractivity contribution in [2.45, 2.75) is 6.92 Å². The number of benzene rings is 1. The fourth-order valence-corrected chi connectivity index (χ4v) is 2.97. The van der Waals surface area contributed by atoms with Gasteiger partial charge in [-0.05, 0) is 18.1 Å². The van der Waals surface area contributed by atoms with Gasteiger partial charge in [0.2, 0.25) is 0 Å². The SMILES string of the molecule is Cc1cn2c(c(O)c(C(=O)NCC(=O)O)c(=O)n2C)c1-c1ccccc1.[H-].[Na+]. The zero-order valence-electron chi connectivity index (χ0n) is 16.2. The topological polar surface area (TPSA) is 113 Å². The van der Waals surface area contributed by atoms with E-state index in [0.29, 0.717) is 11.1 Å². The maximum absolute atomic E-state index is 12.5. The number of carbonyl (C=O) groups is 2. The summed E-state index contributed by atoms with van der Waals surface area (Å²) in [6, 6.07) is 9.27. The van der Waals surface area contributed by atoms with Crippen molar-refractivity contribution in [3.63, 3.8) is 0 Å². The second kappa shape index (κ2) is 7.99.